The van der Waals surface area contributed by atoms with E-state index < -0.39 is 0 Å². The summed E-state index contributed by atoms with van der Waals surface area (Å²) in [6, 6.07) is 8.29. The number of fused-ring (bicyclic) bond motifs is 2. The van der Waals surface area contributed by atoms with E-state index in [0.717, 1.165) is 29.2 Å². The standard InChI is InChI=1S/C17H24N2OS/c1-11(14-10-12-7-8-13(14)9-12)18-17(21)19-15-5-3-4-6-16(15)20-2/h3-6,11-14H,7-10H2,1-2H3,(H2,18,19,21). The Balaban J connectivity index is 1.56. The summed E-state index contributed by atoms with van der Waals surface area (Å²) in [7, 11) is 1.68. The molecule has 2 bridgehead atoms. The Kier molecular flexibility index (Phi) is 4.34. The summed E-state index contributed by atoms with van der Waals surface area (Å²) >= 11 is 5.46. The van der Waals surface area contributed by atoms with E-state index in [1.165, 1.54) is 25.7 Å². The van der Waals surface area contributed by atoms with Crippen molar-refractivity contribution in [3.05, 3.63) is 24.3 Å². The van der Waals surface area contributed by atoms with Gasteiger partial charge in [-0.1, -0.05) is 18.6 Å². The minimum Gasteiger partial charge on any atom is -0.495 e. The summed E-state index contributed by atoms with van der Waals surface area (Å²) in [6.45, 7) is 2.27. The second-order valence-electron chi connectivity index (χ2n) is 6.43. The molecule has 3 rings (SSSR count). The van der Waals surface area contributed by atoms with Crippen LogP contribution < -0.4 is 15.4 Å². The average molecular weight is 304 g/mol. The summed E-state index contributed by atoms with van der Waals surface area (Å²) < 4.78 is 5.34. The molecule has 4 heteroatoms. The number of ether oxygens (including phenoxy) is 1. The zero-order chi connectivity index (χ0) is 14.8. The quantitative estimate of drug-likeness (QED) is 0.829. The van der Waals surface area contributed by atoms with Crippen molar-refractivity contribution < 1.29 is 4.74 Å². The summed E-state index contributed by atoms with van der Waals surface area (Å²) in [6.07, 6.45) is 5.66. The van der Waals surface area contributed by atoms with Crippen LogP contribution in [-0.2, 0) is 0 Å². The third-order valence-electron chi connectivity index (χ3n) is 5.15. The molecular weight excluding hydrogens is 280 g/mol. The van der Waals surface area contributed by atoms with Gasteiger partial charge in [-0.3, -0.25) is 0 Å². The van der Waals surface area contributed by atoms with E-state index >= 15 is 0 Å². The van der Waals surface area contributed by atoms with E-state index in [4.69, 9.17) is 17.0 Å². The van der Waals surface area contributed by atoms with Gasteiger partial charge < -0.3 is 15.4 Å². The molecular formula is C17H24N2OS. The van der Waals surface area contributed by atoms with Crippen LogP contribution >= 0.6 is 12.2 Å². The predicted octanol–water partition coefficient (Wildman–Crippen LogP) is 3.81. The van der Waals surface area contributed by atoms with Crippen molar-refractivity contribution in [1.82, 2.24) is 5.32 Å². The van der Waals surface area contributed by atoms with Crippen molar-refractivity contribution >= 4 is 23.0 Å². The number of hydrogen-bond donors (Lipinski definition) is 2. The van der Waals surface area contributed by atoms with Gasteiger partial charge in [0.1, 0.15) is 5.75 Å². The molecule has 0 aliphatic heterocycles. The molecule has 0 spiro atoms. The van der Waals surface area contributed by atoms with Crippen LogP contribution in [-0.4, -0.2) is 18.3 Å². The molecule has 1 aromatic rings. The maximum absolute atomic E-state index is 5.46. The molecule has 0 heterocycles. The number of para-hydroxylation sites is 2. The molecule has 2 aliphatic carbocycles. The zero-order valence-corrected chi connectivity index (χ0v) is 13.6. The first-order chi connectivity index (χ1) is 10.2. The van der Waals surface area contributed by atoms with Gasteiger partial charge in [-0.05, 0) is 68.3 Å². The van der Waals surface area contributed by atoms with Crippen molar-refractivity contribution in [2.24, 2.45) is 17.8 Å². The van der Waals surface area contributed by atoms with E-state index in [9.17, 15) is 0 Å². The molecule has 1 aromatic carbocycles. The fourth-order valence-corrected chi connectivity index (χ4v) is 4.42. The van der Waals surface area contributed by atoms with E-state index in [-0.39, 0.29) is 0 Å². The largest absolute Gasteiger partial charge is 0.495 e. The van der Waals surface area contributed by atoms with Crippen LogP contribution in [0.3, 0.4) is 0 Å². The highest BCUT2D eigenvalue weighted by Crippen LogP contribution is 2.49. The van der Waals surface area contributed by atoms with Crippen molar-refractivity contribution in [3.63, 3.8) is 0 Å². The number of thiocarbonyl (C=S) groups is 1. The second-order valence-corrected chi connectivity index (χ2v) is 6.83. The molecule has 114 valence electrons. The van der Waals surface area contributed by atoms with Crippen molar-refractivity contribution in [1.29, 1.82) is 0 Å². The van der Waals surface area contributed by atoms with E-state index in [0.29, 0.717) is 11.2 Å². The molecule has 0 radical (unpaired) electrons. The SMILES string of the molecule is COc1ccccc1NC(=S)NC(C)C1CC2CCC1C2. The zero-order valence-electron chi connectivity index (χ0n) is 12.8. The first-order valence-electron chi connectivity index (χ1n) is 7.88. The van der Waals surface area contributed by atoms with Gasteiger partial charge in [0.15, 0.2) is 5.11 Å². The Morgan fingerprint density at radius 1 is 1.29 bits per heavy atom. The minimum atomic E-state index is 0.440. The molecule has 0 saturated heterocycles. The van der Waals surface area contributed by atoms with Crippen LogP contribution in [0.15, 0.2) is 24.3 Å². The lowest BCUT2D eigenvalue weighted by molar-refractivity contribution is 0.279. The third kappa shape index (κ3) is 3.15. The van der Waals surface area contributed by atoms with Crippen molar-refractivity contribution in [2.75, 3.05) is 12.4 Å². The normalized spacial score (nSPS) is 28.2. The lowest BCUT2D eigenvalue weighted by atomic mass is 9.84. The van der Waals surface area contributed by atoms with Gasteiger partial charge in [0.25, 0.3) is 0 Å². The van der Waals surface area contributed by atoms with Gasteiger partial charge in [0.05, 0.1) is 12.8 Å². The monoisotopic (exact) mass is 304 g/mol. The third-order valence-corrected chi connectivity index (χ3v) is 5.37. The maximum atomic E-state index is 5.46. The Bertz CT molecular complexity index is 519. The van der Waals surface area contributed by atoms with Crippen molar-refractivity contribution in [3.8, 4) is 5.75 Å². The number of anilines is 1. The van der Waals surface area contributed by atoms with Gasteiger partial charge in [0.2, 0.25) is 0 Å². The first kappa shape index (κ1) is 14.6. The smallest absolute Gasteiger partial charge is 0.171 e. The van der Waals surface area contributed by atoms with E-state index in [2.05, 4.69) is 17.6 Å². The summed E-state index contributed by atoms with van der Waals surface area (Å²) in [5, 5.41) is 7.42. The maximum Gasteiger partial charge on any atom is 0.171 e. The molecule has 4 unspecified atom stereocenters. The highest BCUT2D eigenvalue weighted by molar-refractivity contribution is 7.80. The Morgan fingerprint density at radius 3 is 2.76 bits per heavy atom. The van der Waals surface area contributed by atoms with Crippen molar-refractivity contribution in [2.45, 2.75) is 38.6 Å². The highest BCUT2D eigenvalue weighted by atomic mass is 32.1. The Hall–Kier alpha value is -1.29. The number of benzene rings is 1. The molecule has 21 heavy (non-hydrogen) atoms. The molecule has 2 N–H and O–H groups in total. The minimum absolute atomic E-state index is 0.440. The predicted molar refractivity (Wildman–Crippen MR) is 90.8 cm³/mol. The summed E-state index contributed by atoms with van der Waals surface area (Å²) in [4.78, 5) is 0. The van der Waals surface area contributed by atoms with Gasteiger partial charge >= 0.3 is 0 Å². The van der Waals surface area contributed by atoms with E-state index in [1.54, 1.807) is 7.11 Å². The van der Waals surface area contributed by atoms with Crippen LogP contribution in [0.5, 0.6) is 5.75 Å². The lowest BCUT2D eigenvalue weighted by Crippen LogP contribution is -2.42. The first-order valence-corrected chi connectivity index (χ1v) is 8.28. The van der Waals surface area contributed by atoms with Crippen LogP contribution in [0, 0.1) is 17.8 Å². The van der Waals surface area contributed by atoms with Crippen LogP contribution in [0.4, 0.5) is 5.69 Å². The number of hydrogen-bond acceptors (Lipinski definition) is 2. The molecule has 2 saturated carbocycles. The highest BCUT2D eigenvalue weighted by Gasteiger charge is 2.41. The average Bonchev–Trinajstić information content (AvgIpc) is 3.10. The fraction of sp³-hybridized carbons (Fsp3) is 0.588. The molecule has 0 amide bonds. The lowest BCUT2D eigenvalue weighted by Gasteiger charge is -2.29. The van der Waals surface area contributed by atoms with Gasteiger partial charge in [0, 0.05) is 6.04 Å². The number of nitrogens with one attached hydrogen (secondary N) is 2. The van der Waals surface area contributed by atoms with E-state index in [1.807, 2.05) is 24.3 Å². The summed E-state index contributed by atoms with van der Waals surface area (Å²) in [5.41, 5.74) is 0.914. The number of rotatable bonds is 4. The van der Waals surface area contributed by atoms with Gasteiger partial charge in [-0.2, -0.15) is 0 Å². The van der Waals surface area contributed by atoms with Crippen LogP contribution in [0.1, 0.15) is 32.6 Å². The topological polar surface area (TPSA) is 33.3 Å². The molecule has 0 aromatic heterocycles. The fourth-order valence-electron chi connectivity index (χ4n) is 4.13. The number of methoxy groups -OCH3 is 1. The van der Waals surface area contributed by atoms with Crippen LogP contribution in [0.2, 0.25) is 0 Å². The molecule has 3 nitrogen and oxygen atoms in total. The van der Waals surface area contributed by atoms with Crippen LogP contribution in [0.25, 0.3) is 0 Å². The molecule has 2 fully saturated rings. The second kappa shape index (κ2) is 6.22. The summed E-state index contributed by atoms with van der Waals surface area (Å²) in [5.74, 6) is 3.47. The molecule has 4 atom stereocenters. The van der Waals surface area contributed by atoms with Gasteiger partial charge in [-0.15, -0.1) is 0 Å². The Morgan fingerprint density at radius 2 is 2.10 bits per heavy atom. The van der Waals surface area contributed by atoms with Gasteiger partial charge in [-0.25, -0.2) is 0 Å². The molecule has 2 aliphatic rings. The Labute approximate surface area is 132 Å².